The summed E-state index contributed by atoms with van der Waals surface area (Å²) in [5.41, 5.74) is 4.63. The molecule has 1 heterocycles. The maximum Gasteiger partial charge on any atom is 0.432 e. The predicted octanol–water partition coefficient (Wildman–Crippen LogP) is 1.84. The van der Waals surface area contributed by atoms with Crippen LogP contribution in [-0.4, -0.2) is 9.97 Å². The lowest BCUT2D eigenvalue weighted by Crippen LogP contribution is -2.11. The molecule has 1 aromatic rings. The molecule has 0 fully saturated rings. The summed E-state index contributed by atoms with van der Waals surface area (Å²) >= 11 is 0. The number of nitrogens with two attached hydrogens (primary N) is 1. The average molecular weight is 193 g/mol. The molecule has 3 nitrogen and oxygen atoms in total. The predicted molar refractivity (Wildman–Crippen MR) is 40.8 cm³/mol. The molecule has 0 saturated heterocycles. The Morgan fingerprint density at radius 2 is 2.23 bits per heavy atom. The summed E-state index contributed by atoms with van der Waals surface area (Å²) in [6.07, 6.45) is -3.08. The van der Waals surface area contributed by atoms with Gasteiger partial charge in [-0.2, -0.15) is 13.2 Å². The number of hydrogen-bond donors (Lipinski definition) is 2. The Morgan fingerprint density at radius 1 is 1.62 bits per heavy atom. The molecular formula is C7H10F3N3. The maximum absolute atomic E-state index is 12.1. The SMILES string of the molecule is CC[C@@H](N)c1ncc(C(F)(F)F)[nH]1. The molecule has 6 heteroatoms. The molecule has 0 aliphatic carbocycles. The lowest BCUT2D eigenvalue weighted by molar-refractivity contribution is -0.140. The van der Waals surface area contributed by atoms with Gasteiger partial charge >= 0.3 is 6.18 Å². The van der Waals surface area contributed by atoms with E-state index < -0.39 is 17.9 Å². The van der Waals surface area contributed by atoms with Crippen molar-refractivity contribution in [2.24, 2.45) is 5.73 Å². The molecule has 0 unspecified atom stereocenters. The van der Waals surface area contributed by atoms with E-state index in [9.17, 15) is 13.2 Å². The Bertz CT molecular complexity index is 279. The number of aromatic nitrogens is 2. The van der Waals surface area contributed by atoms with Gasteiger partial charge in [-0.25, -0.2) is 4.98 Å². The minimum atomic E-state index is -4.38. The highest BCUT2D eigenvalue weighted by molar-refractivity contribution is 5.07. The van der Waals surface area contributed by atoms with Crippen molar-refractivity contribution in [3.63, 3.8) is 0 Å². The summed E-state index contributed by atoms with van der Waals surface area (Å²) in [7, 11) is 0. The van der Waals surface area contributed by atoms with E-state index >= 15 is 0 Å². The zero-order valence-electron chi connectivity index (χ0n) is 7.02. The second-order valence-corrected chi connectivity index (χ2v) is 2.69. The maximum atomic E-state index is 12.1. The molecule has 0 bridgehead atoms. The summed E-state index contributed by atoms with van der Waals surface area (Å²) in [4.78, 5) is 5.70. The molecule has 0 saturated carbocycles. The smallest absolute Gasteiger partial charge is 0.337 e. The highest BCUT2D eigenvalue weighted by Crippen LogP contribution is 2.28. The van der Waals surface area contributed by atoms with Crippen LogP contribution in [0, 0.1) is 0 Å². The zero-order valence-corrected chi connectivity index (χ0v) is 7.02. The Kier molecular flexibility index (Phi) is 2.60. The number of nitrogens with one attached hydrogen (secondary N) is 1. The molecule has 0 aliphatic heterocycles. The standard InChI is InChI=1S/C7H10F3N3/c1-2-4(11)6-12-3-5(13-6)7(8,9)10/h3-4H,2,11H2,1H3,(H,12,13)/t4-/m1/s1. The Labute approximate surface area is 73.2 Å². The van der Waals surface area contributed by atoms with Crippen LogP contribution in [0.1, 0.15) is 30.9 Å². The van der Waals surface area contributed by atoms with Crippen molar-refractivity contribution in [1.29, 1.82) is 0 Å². The highest BCUT2D eigenvalue weighted by Gasteiger charge is 2.33. The fourth-order valence-electron chi connectivity index (χ4n) is 0.862. The molecule has 0 spiro atoms. The van der Waals surface area contributed by atoms with Crippen molar-refractivity contribution in [1.82, 2.24) is 9.97 Å². The number of H-pyrrole nitrogens is 1. The molecule has 0 aromatic carbocycles. The summed E-state index contributed by atoms with van der Waals surface area (Å²) in [6, 6.07) is -0.462. The van der Waals surface area contributed by atoms with Gasteiger partial charge in [0.05, 0.1) is 12.2 Å². The lowest BCUT2D eigenvalue weighted by Gasteiger charge is -2.04. The van der Waals surface area contributed by atoms with Gasteiger partial charge in [0.15, 0.2) is 0 Å². The third-order valence-corrected chi connectivity index (χ3v) is 1.69. The van der Waals surface area contributed by atoms with Crippen molar-refractivity contribution < 1.29 is 13.2 Å². The second kappa shape index (κ2) is 3.37. The Morgan fingerprint density at radius 3 is 2.62 bits per heavy atom. The van der Waals surface area contributed by atoms with Crippen molar-refractivity contribution in [2.75, 3.05) is 0 Å². The second-order valence-electron chi connectivity index (χ2n) is 2.69. The summed E-state index contributed by atoms with van der Waals surface area (Å²) in [5.74, 6) is 0.176. The minimum Gasteiger partial charge on any atom is -0.337 e. The normalized spacial score (nSPS) is 14.5. The Hall–Kier alpha value is -1.04. The molecule has 1 aromatic heterocycles. The average Bonchev–Trinajstić information content (AvgIpc) is 2.50. The fourth-order valence-corrected chi connectivity index (χ4v) is 0.862. The van der Waals surface area contributed by atoms with E-state index in [0.29, 0.717) is 6.42 Å². The van der Waals surface area contributed by atoms with Gasteiger partial charge in [0, 0.05) is 0 Å². The number of aromatic amines is 1. The first-order chi connectivity index (χ1) is 5.95. The quantitative estimate of drug-likeness (QED) is 0.752. The summed E-state index contributed by atoms with van der Waals surface area (Å²) < 4.78 is 36.2. The number of alkyl halides is 3. The largest absolute Gasteiger partial charge is 0.432 e. The molecule has 0 amide bonds. The van der Waals surface area contributed by atoms with E-state index in [1.165, 1.54) is 0 Å². The number of hydrogen-bond acceptors (Lipinski definition) is 2. The first kappa shape index (κ1) is 10.0. The summed E-state index contributed by atoms with van der Waals surface area (Å²) in [5, 5.41) is 0. The highest BCUT2D eigenvalue weighted by atomic mass is 19.4. The van der Waals surface area contributed by atoms with Crippen molar-refractivity contribution in [2.45, 2.75) is 25.6 Å². The van der Waals surface area contributed by atoms with E-state index in [4.69, 9.17) is 5.73 Å². The van der Waals surface area contributed by atoms with Crippen LogP contribution >= 0.6 is 0 Å². The van der Waals surface area contributed by atoms with E-state index in [1.807, 2.05) is 0 Å². The third kappa shape index (κ3) is 2.21. The van der Waals surface area contributed by atoms with Gasteiger partial charge in [-0.3, -0.25) is 0 Å². The molecule has 13 heavy (non-hydrogen) atoms. The fraction of sp³-hybridized carbons (Fsp3) is 0.571. The molecule has 3 N–H and O–H groups in total. The van der Waals surface area contributed by atoms with E-state index in [0.717, 1.165) is 6.20 Å². The van der Waals surface area contributed by atoms with Crippen LogP contribution in [0.5, 0.6) is 0 Å². The minimum absolute atomic E-state index is 0.176. The Balaban J connectivity index is 2.87. The van der Waals surface area contributed by atoms with Crippen molar-refractivity contribution >= 4 is 0 Å². The number of nitrogens with zero attached hydrogens (tertiary/aromatic N) is 1. The first-order valence-electron chi connectivity index (χ1n) is 3.82. The number of rotatable bonds is 2. The van der Waals surface area contributed by atoms with Crippen LogP contribution in [0.2, 0.25) is 0 Å². The molecule has 1 rings (SSSR count). The zero-order chi connectivity index (χ0) is 10.1. The molecule has 1 atom stereocenters. The molecule has 0 radical (unpaired) electrons. The van der Waals surface area contributed by atoms with Crippen LogP contribution in [0.15, 0.2) is 6.20 Å². The van der Waals surface area contributed by atoms with E-state index in [-0.39, 0.29) is 5.82 Å². The van der Waals surface area contributed by atoms with Crippen LogP contribution in [0.4, 0.5) is 13.2 Å². The van der Waals surface area contributed by atoms with Crippen LogP contribution in [-0.2, 0) is 6.18 Å². The van der Waals surface area contributed by atoms with Gasteiger partial charge in [0.2, 0.25) is 0 Å². The van der Waals surface area contributed by atoms with Crippen LogP contribution in [0.3, 0.4) is 0 Å². The topological polar surface area (TPSA) is 54.7 Å². The first-order valence-corrected chi connectivity index (χ1v) is 3.82. The van der Waals surface area contributed by atoms with Crippen molar-refractivity contribution in [3.8, 4) is 0 Å². The number of halogens is 3. The van der Waals surface area contributed by atoms with Gasteiger partial charge in [0.25, 0.3) is 0 Å². The molecule has 74 valence electrons. The van der Waals surface area contributed by atoms with Gasteiger partial charge < -0.3 is 10.7 Å². The van der Waals surface area contributed by atoms with E-state index in [2.05, 4.69) is 9.97 Å². The van der Waals surface area contributed by atoms with Gasteiger partial charge in [0.1, 0.15) is 11.5 Å². The van der Waals surface area contributed by atoms with Crippen molar-refractivity contribution in [3.05, 3.63) is 17.7 Å². The van der Waals surface area contributed by atoms with Gasteiger partial charge in [-0.1, -0.05) is 6.92 Å². The van der Waals surface area contributed by atoms with Gasteiger partial charge in [-0.05, 0) is 6.42 Å². The lowest BCUT2D eigenvalue weighted by atomic mass is 10.2. The monoisotopic (exact) mass is 193 g/mol. The van der Waals surface area contributed by atoms with Gasteiger partial charge in [-0.15, -0.1) is 0 Å². The summed E-state index contributed by atoms with van der Waals surface area (Å²) in [6.45, 7) is 1.78. The van der Waals surface area contributed by atoms with Crippen LogP contribution < -0.4 is 5.73 Å². The van der Waals surface area contributed by atoms with E-state index in [1.54, 1.807) is 6.92 Å². The third-order valence-electron chi connectivity index (χ3n) is 1.69. The number of imidazole rings is 1. The molecular weight excluding hydrogens is 183 g/mol. The van der Waals surface area contributed by atoms with Crippen LogP contribution in [0.25, 0.3) is 0 Å². The molecule has 0 aliphatic rings.